The number of likely N-dealkylation sites (tertiary alicyclic amines) is 1. The van der Waals surface area contributed by atoms with Crippen molar-refractivity contribution in [2.24, 2.45) is 5.92 Å². The number of ether oxygens (including phenoxy) is 1. The SMILES string of the molecule is O=C(NCC(=O)N1CCC(CCN2CCOCC2)CC1)c1ccc(Cl)cc1Cl. The topological polar surface area (TPSA) is 61.9 Å². The van der Waals surface area contributed by atoms with Crippen LogP contribution in [-0.4, -0.2) is 74.1 Å². The van der Waals surface area contributed by atoms with E-state index in [1.165, 1.54) is 12.5 Å². The zero-order valence-electron chi connectivity index (χ0n) is 16.0. The van der Waals surface area contributed by atoms with Crippen molar-refractivity contribution in [3.63, 3.8) is 0 Å². The van der Waals surface area contributed by atoms with Crippen LogP contribution in [0.1, 0.15) is 29.6 Å². The van der Waals surface area contributed by atoms with Crippen LogP contribution in [0, 0.1) is 5.92 Å². The second-order valence-corrected chi connectivity index (χ2v) is 8.22. The summed E-state index contributed by atoms with van der Waals surface area (Å²) in [6.45, 7) is 6.31. The highest BCUT2D eigenvalue weighted by Crippen LogP contribution is 2.22. The Bertz CT molecular complexity index is 687. The molecule has 0 bridgehead atoms. The number of carbonyl (C=O) groups excluding carboxylic acids is 2. The number of amides is 2. The molecule has 8 heteroatoms. The fourth-order valence-electron chi connectivity index (χ4n) is 3.70. The minimum atomic E-state index is -0.365. The summed E-state index contributed by atoms with van der Waals surface area (Å²) in [5, 5.41) is 3.40. The van der Waals surface area contributed by atoms with Crippen LogP contribution in [0.3, 0.4) is 0 Å². The Morgan fingerprint density at radius 1 is 1.11 bits per heavy atom. The molecule has 0 aliphatic carbocycles. The third-order valence-electron chi connectivity index (χ3n) is 5.50. The van der Waals surface area contributed by atoms with E-state index in [2.05, 4.69) is 10.2 Å². The summed E-state index contributed by atoms with van der Waals surface area (Å²) in [6, 6.07) is 4.68. The van der Waals surface area contributed by atoms with Gasteiger partial charge < -0.3 is 15.0 Å². The third-order valence-corrected chi connectivity index (χ3v) is 6.05. The number of rotatable bonds is 6. The Hall–Kier alpha value is -1.34. The van der Waals surface area contributed by atoms with Gasteiger partial charge in [0.25, 0.3) is 5.91 Å². The van der Waals surface area contributed by atoms with E-state index in [0.717, 1.165) is 58.8 Å². The van der Waals surface area contributed by atoms with Gasteiger partial charge in [-0.15, -0.1) is 0 Å². The quantitative estimate of drug-likeness (QED) is 0.757. The normalized spacial score (nSPS) is 18.9. The number of morpholine rings is 1. The first kappa shape index (κ1) is 21.4. The van der Waals surface area contributed by atoms with Gasteiger partial charge in [0.2, 0.25) is 5.91 Å². The fraction of sp³-hybridized carbons (Fsp3) is 0.600. The maximum Gasteiger partial charge on any atom is 0.253 e. The molecule has 2 saturated heterocycles. The molecule has 2 aliphatic heterocycles. The van der Waals surface area contributed by atoms with E-state index in [1.54, 1.807) is 12.1 Å². The summed E-state index contributed by atoms with van der Waals surface area (Å²) in [6.07, 6.45) is 3.22. The van der Waals surface area contributed by atoms with Crippen molar-refractivity contribution in [3.8, 4) is 0 Å². The minimum absolute atomic E-state index is 0.0176. The van der Waals surface area contributed by atoms with Crippen LogP contribution < -0.4 is 5.32 Å². The molecule has 0 radical (unpaired) electrons. The van der Waals surface area contributed by atoms with Crippen LogP contribution in [0.2, 0.25) is 10.0 Å². The second kappa shape index (κ2) is 10.4. The molecule has 2 aliphatic rings. The lowest BCUT2D eigenvalue weighted by Gasteiger charge is -2.34. The smallest absolute Gasteiger partial charge is 0.253 e. The average Bonchev–Trinajstić information content (AvgIpc) is 2.71. The largest absolute Gasteiger partial charge is 0.379 e. The van der Waals surface area contributed by atoms with Gasteiger partial charge >= 0.3 is 0 Å². The van der Waals surface area contributed by atoms with Gasteiger partial charge in [0.1, 0.15) is 0 Å². The number of carbonyl (C=O) groups is 2. The maximum atomic E-state index is 12.4. The number of piperidine rings is 1. The highest BCUT2D eigenvalue weighted by atomic mass is 35.5. The maximum absolute atomic E-state index is 12.4. The lowest BCUT2D eigenvalue weighted by molar-refractivity contribution is -0.131. The van der Waals surface area contributed by atoms with Gasteiger partial charge in [-0.05, 0) is 49.9 Å². The van der Waals surface area contributed by atoms with E-state index >= 15 is 0 Å². The van der Waals surface area contributed by atoms with Crippen LogP contribution in [-0.2, 0) is 9.53 Å². The Morgan fingerprint density at radius 3 is 2.50 bits per heavy atom. The summed E-state index contributed by atoms with van der Waals surface area (Å²) in [5.41, 5.74) is 0.320. The number of nitrogens with zero attached hydrogens (tertiary/aromatic N) is 2. The molecule has 2 heterocycles. The van der Waals surface area contributed by atoms with E-state index in [9.17, 15) is 9.59 Å². The zero-order valence-corrected chi connectivity index (χ0v) is 17.5. The summed E-state index contributed by atoms with van der Waals surface area (Å²) in [4.78, 5) is 28.9. The molecule has 0 atom stereocenters. The Kier molecular flexibility index (Phi) is 7.97. The first-order chi connectivity index (χ1) is 13.5. The molecule has 0 aromatic heterocycles. The van der Waals surface area contributed by atoms with E-state index in [0.29, 0.717) is 16.5 Å². The molecule has 0 saturated carbocycles. The number of halogens is 2. The fourth-order valence-corrected chi connectivity index (χ4v) is 4.19. The standard InChI is InChI=1S/C20H27Cl2N3O3/c21-16-1-2-17(18(22)13-16)20(27)23-14-19(26)25-7-4-15(5-8-25)3-6-24-9-11-28-12-10-24/h1-2,13,15H,3-12,14H2,(H,23,27). The summed E-state index contributed by atoms with van der Waals surface area (Å²) < 4.78 is 5.38. The monoisotopic (exact) mass is 427 g/mol. The molecule has 0 unspecified atom stereocenters. The molecular formula is C20H27Cl2N3O3. The number of hydrogen-bond acceptors (Lipinski definition) is 4. The molecule has 0 spiro atoms. The van der Waals surface area contributed by atoms with Gasteiger partial charge in [-0.3, -0.25) is 14.5 Å². The van der Waals surface area contributed by atoms with E-state index in [1.807, 2.05) is 4.90 Å². The Labute approximate surface area is 176 Å². The highest BCUT2D eigenvalue weighted by Gasteiger charge is 2.24. The first-order valence-electron chi connectivity index (χ1n) is 9.84. The number of hydrogen-bond donors (Lipinski definition) is 1. The summed E-state index contributed by atoms with van der Waals surface area (Å²) in [5.74, 6) is 0.245. The molecule has 154 valence electrons. The zero-order chi connectivity index (χ0) is 19.9. The molecule has 1 aromatic carbocycles. The molecule has 1 aromatic rings. The molecular weight excluding hydrogens is 401 g/mol. The lowest BCUT2D eigenvalue weighted by Crippen LogP contribution is -2.44. The predicted octanol–water partition coefficient (Wildman–Crippen LogP) is 2.68. The van der Waals surface area contributed by atoms with Gasteiger partial charge in [0, 0.05) is 31.2 Å². The lowest BCUT2D eigenvalue weighted by atomic mass is 9.93. The minimum Gasteiger partial charge on any atom is -0.379 e. The number of benzene rings is 1. The van der Waals surface area contributed by atoms with Gasteiger partial charge in [0.15, 0.2) is 0 Å². The van der Waals surface area contributed by atoms with Crippen molar-refractivity contribution in [2.45, 2.75) is 19.3 Å². The van der Waals surface area contributed by atoms with Gasteiger partial charge in [-0.25, -0.2) is 0 Å². The Morgan fingerprint density at radius 2 is 1.82 bits per heavy atom. The van der Waals surface area contributed by atoms with Crippen LogP contribution >= 0.6 is 23.2 Å². The van der Waals surface area contributed by atoms with Gasteiger partial charge in [-0.2, -0.15) is 0 Å². The van der Waals surface area contributed by atoms with Crippen molar-refractivity contribution in [1.82, 2.24) is 15.1 Å². The van der Waals surface area contributed by atoms with Crippen LogP contribution in [0.15, 0.2) is 18.2 Å². The van der Waals surface area contributed by atoms with Crippen molar-refractivity contribution in [1.29, 1.82) is 0 Å². The van der Waals surface area contributed by atoms with Crippen molar-refractivity contribution < 1.29 is 14.3 Å². The Balaban J connectivity index is 1.37. The van der Waals surface area contributed by atoms with E-state index in [-0.39, 0.29) is 23.4 Å². The molecule has 2 amide bonds. The summed E-state index contributed by atoms with van der Waals surface area (Å²) >= 11 is 11.9. The molecule has 3 rings (SSSR count). The third kappa shape index (κ3) is 6.08. The van der Waals surface area contributed by atoms with E-state index < -0.39 is 0 Å². The van der Waals surface area contributed by atoms with Gasteiger partial charge in [0.05, 0.1) is 30.3 Å². The number of nitrogens with one attached hydrogen (secondary N) is 1. The van der Waals surface area contributed by atoms with E-state index in [4.69, 9.17) is 27.9 Å². The molecule has 1 N–H and O–H groups in total. The average molecular weight is 428 g/mol. The summed E-state index contributed by atoms with van der Waals surface area (Å²) in [7, 11) is 0. The van der Waals surface area contributed by atoms with Crippen LogP contribution in [0.5, 0.6) is 0 Å². The van der Waals surface area contributed by atoms with Crippen LogP contribution in [0.4, 0.5) is 0 Å². The van der Waals surface area contributed by atoms with Gasteiger partial charge in [-0.1, -0.05) is 23.2 Å². The second-order valence-electron chi connectivity index (χ2n) is 7.37. The van der Waals surface area contributed by atoms with Crippen molar-refractivity contribution in [3.05, 3.63) is 33.8 Å². The highest BCUT2D eigenvalue weighted by molar-refractivity contribution is 6.36. The first-order valence-corrected chi connectivity index (χ1v) is 10.6. The van der Waals surface area contributed by atoms with Crippen molar-refractivity contribution >= 4 is 35.0 Å². The predicted molar refractivity (Wildman–Crippen MR) is 110 cm³/mol. The van der Waals surface area contributed by atoms with Crippen LogP contribution in [0.25, 0.3) is 0 Å². The molecule has 2 fully saturated rings. The molecule has 6 nitrogen and oxygen atoms in total. The molecule has 28 heavy (non-hydrogen) atoms. The van der Waals surface area contributed by atoms with Crippen molar-refractivity contribution in [2.75, 3.05) is 52.5 Å².